The molecule has 2 atom stereocenters. The standard InChI is InChI=1S/C14H23N3O2/c1-17-7-6-16-9-11(17)14(15)10-4-5-12(18-2)13(8-10)19-3/h4-5,8,11,14,16H,6-7,9,15H2,1-3H3. The van der Waals surface area contributed by atoms with Crippen molar-refractivity contribution in [1.82, 2.24) is 10.2 Å². The summed E-state index contributed by atoms with van der Waals surface area (Å²) in [5.41, 5.74) is 7.47. The molecular formula is C14H23N3O2. The molecule has 3 N–H and O–H groups in total. The Morgan fingerprint density at radius 2 is 2.05 bits per heavy atom. The number of nitrogens with zero attached hydrogens (tertiary/aromatic N) is 1. The van der Waals surface area contributed by atoms with Gasteiger partial charge < -0.3 is 20.5 Å². The van der Waals surface area contributed by atoms with E-state index in [2.05, 4.69) is 17.3 Å². The minimum absolute atomic E-state index is 0.0439. The van der Waals surface area contributed by atoms with Gasteiger partial charge in [-0.2, -0.15) is 0 Å². The van der Waals surface area contributed by atoms with E-state index in [1.807, 2.05) is 18.2 Å². The number of piperazine rings is 1. The number of methoxy groups -OCH3 is 2. The largest absolute Gasteiger partial charge is 0.493 e. The summed E-state index contributed by atoms with van der Waals surface area (Å²) in [4.78, 5) is 2.30. The van der Waals surface area contributed by atoms with Gasteiger partial charge in [0.25, 0.3) is 0 Å². The molecule has 0 bridgehead atoms. The number of rotatable bonds is 4. The Kier molecular flexibility index (Phi) is 4.63. The van der Waals surface area contributed by atoms with Crippen molar-refractivity contribution in [3.8, 4) is 11.5 Å². The summed E-state index contributed by atoms with van der Waals surface area (Å²) in [6.07, 6.45) is 0. The molecule has 106 valence electrons. The number of benzene rings is 1. The monoisotopic (exact) mass is 265 g/mol. The van der Waals surface area contributed by atoms with E-state index in [1.54, 1.807) is 14.2 Å². The first-order valence-electron chi connectivity index (χ1n) is 6.56. The van der Waals surface area contributed by atoms with Crippen molar-refractivity contribution in [1.29, 1.82) is 0 Å². The topological polar surface area (TPSA) is 59.8 Å². The minimum atomic E-state index is -0.0439. The van der Waals surface area contributed by atoms with Crippen LogP contribution in [0.2, 0.25) is 0 Å². The van der Waals surface area contributed by atoms with E-state index in [1.165, 1.54) is 0 Å². The second-order valence-electron chi connectivity index (χ2n) is 4.89. The lowest BCUT2D eigenvalue weighted by molar-refractivity contribution is 0.174. The first-order valence-corrected chi connectivity index (χ1v) is 6.56. The van der Waals surface area contributed by atoms with Crippen molar-refractivity contribution in [3.63, 3.8) is 0 Å². The molecule has 1 fully saturated rings. The van der Waals surface area contributed by atoms with Gasteiger partial charge in [0, 0.05) is 31.7 Å². The number of likely N-dealkylation sites (N-methyl/N-ethyl adjacent to an activating group) is 1. The molecular weight excluding hydrogens is 242 g/mol. The Bertz CT molecular complexity index is 425. The fourth-order valence-electron chi connectivity index (χ4n) is 2.51. The molecule has 1 aliphatic heterocycles. The average molecular weight is 265 g/mol. The van der Waals surface area contributed by atoms with Gasteiger partial charge in [0.2, 0.25) is 0 Å². The van der Waals surface area contributed by atoms with Gasteiger partial charge in [0.15, 0.2) is 11.5 Å². The van der Waals surface area contributed by atoms with Crippen LogP contribution in [-0.2, 0) is 0 Å². The molecule has 2 rings (SSSR count). The Morgan fingerprint density at radius 1 is 1.32 bits per heavy atom. The van der Waals surface area contributed by atoms with E-state index in [9.17, 15) is 0 Å². The molecule has 1 aromatic carbocycles. The van der Waals surface area contributed by atoms with Crippen LogP contribution in [0.15, 0.2) is 18.2 Å². The van der Waals surface area contributed by atoms with Gasteiger partial charge in [-0.15, -0.1) is 0 Å². The van der Waals surface area contributed by atoms with E-state index in [0.29, 0.717) is 6.04 Å². The molecule has 0 aliphatic carbocycles. The molecule has 5 heteroatoms. The summed E-state index contributed by atoms with van der Waals surface area (Å²) in [7, 11) is 5.39. The zero-order valence-electron chi connectivity index (χ0n) is 11.8. The van der Waals surface area contributed by atoms with Gasteiger partial charge in [0.1, 0.15) is 0 Å². The van der Waals surface area contributed by atoms with Gasteiger partial charge in [-0.3, -0.25) is 4.90 Å². The predicted molar refractivity (Wildman–Crippen MR) is 75.8 cm³/mol. The molecule has 0 spiro atoms. The zero-order valence-corrected chi connectivity index (χ0v) is 11.8. The van der Waals surface area contributed by atoms with Crippen LogP contribution in [0.25, 0.3) is 0 Å². The number of nitrogens with two attached hydrogens (primary N) is 1. The maximum Gasteiger partial charge on any atom is 0.161 e. The highest BCUT2D eigenvalue weighted by atomic mass is 16.5. The molecule has 1 saturated heterocycles. The number of hydrogen-bond acceptors (Lipinski definition) is 5. The van der Waals surface area contributed by atoms with Crippen molar-refractivity contribution in [3.05, 3.63) is 23.8 Å². The summed E-state index contributed by atoms with van der Waals surface area (Å²) in [6.45, 7) is 2.95. The van der Waals surface area contributed by atoms with Crippen molar-refractivity contribution in [2.75, 3.05) is 40.9 Å². The van der Waals surface area contributed by atoms with Gasteiger partial charge in [-0.05, 0) is 24.7 Å². The Balaban J connectivity index is 2.20. The van der Waals surface area contributed by atoms with Crippen LogP contribution < -0.4 is 20.5 Å². The van der Waals surface area contributed by atoms with E-state index in [4.69, 9.17) is 15.2 Å². The highest BCUT2D eigenvalue weighted by Gasteiger charge is 2.26. The van der Waals surface area contributed by atoms with E-state index in [0.717, 1.165) is 36.7 Å². The predicted octanol–water partition coefficient (Wildman–Crippen LogP) is 0.607. The minimum Gasteiger partial charge on any atom is -0.493 e. The van der Waals surface area contributed by atoms with Crippen LogP contribution in [0, 0.1) is 0 Å². The molecule has 1 aliphatic rings. The third-order valence-electron chi connectivity index (χ3n) is 3.77. The molecule has 1 aromatic rings. The maximum absolute atomic E-state index is 6.40. The van der Waals surface area contributed by atoms with Crippen molar-refractivity contribution in [2.24, 2.45) is 5.73 Å². The van der Waals surface area contributed by atoms with Crippen molar-refractivity contribution in [2.45, 2.75) is 12.1 Å². The second-order valence-corrected chi connectivity index (χ2v) is 4.89. The molecule has 0 saturated carbocycles. The number of nitrogens with one attached hydrogen (secondary N) is 1. The molecule has 0 aromatic heterocycles. The van der Waals surface area contributed by atoms with Crippen LogP contribution >= 0.6 is 0 Å². The third kappa shape index (κ3) is 3.00. The van der Waals surface area contributed by atoms with Crippen LogP contribution in [0.3, 0.4) is 0 Å². The second kappa shape index (κ2) is 6.23. The zero-order chi connectivity index (χ0) is 13.8. The van der Waals surface area contributed by atoms with E-state index >= 15 is 0 Å². The van der Waals surface area contributed by atoms with Gasteiger partial charge >= 0.3 is 0 Å². The third-order valence-corrected chi connectivity index (χ3v) is 3.77. The first-order chi connectivity index (χ1) is 9.17. The lowest BCUT2D eigenvalue weighted by Crippen LogP contribution is -2.53. The maximum atomic E-state index is 6.40. The quantitative estimate of drug-likeness (QED) is 0.835. The Labute approximate surface area is 114 Å². The molecule has 5 nitrogen and oxygen atoms in total. The Hall–Kier alpha value is -1.30. The van der Waals surface area contributed by atoms with E-state index in [-0.39, 0.29) is 6.04 Å². The normalized spacial score (nSPS) is 22.0. The van der Waals surface area contributed by atoms with Crippen molar-refractivity contribution < 1.29 is 9.47 Å². The summed E-state index contributed by atoms with van der Waals surface area (Å²) < 4.78 is 10.6. The summed E-state index contributed by atoms with van der Waals surface area (Å²) in [5.74, 6) is 1.45. The lowest BCUT2D eigenvalue weighted by Gasteiger charge is -2.37. The van der Waals surface area contributed by atoms with Crippen LogP contribution in [0.5, 0.6) is 11.5 Å². The first kappa shape index (κ1) is 14.1. The van der Waals surface area contributed by atoms with Gasteiger partial charge in [-0.1, -0.05) is 6.07 Å². The van der Waals surface area contributed by atoms with Crippen LogP contribution in [0.4, 0.5) is 0 Å². The fraction of sp³-hybridized carbons (Fsp3) is 0.571. The summed E-state index contributed by atoms with van der Waals surface area (Å²) in [6, 6.07) is 6.13. The average Bonchev–Trinajstić information content (AvgIpc) is 2.46. The summed E-state index contributed by atoms with van der Waals surface area (Å²) >= 11 is 0. The molecule has 2 unspecified atom stereocenters. The highest BCUT2D eigenvalue weighted by Crippen LogP contribution is 2.31. The van der Waals surface area contributed by atoms with Crippen LogP contribution in [-0.4, -0.2) is 51.8 Å². The van der Waals surface area contributed by atoms with E-state index < -0.39 is 0 Å². The number of hydrogen-bond donors (Lipinski definition) is 2. The summed E-state index contributed by atoms with van der Waals surface area (Å²) in [5, 5.41) is 3.39. The van der Waals surface area contributed by atoms with Crippen molar-refractivity contribution >= 4 is 0 Å². The van der Waals surface area contributed by atoms with Gasteiger partial charge in [0.05, 0.1) is 14.2 Å². The molecule has 19 heavy (non-hydrogen) atoms. The molecule has 0 radical (unpaired) electrons. The van der Waals surface area contributed by atoms with Gasteiger partial charge in [-0.25, -0.2) is 0 Å². The van der Waals surface area contributed by atoms with Crippen LogP contribution in [0.1, 0.15) is 11.6 Å². The smallest absolute Gasteiger partial charge is 0.161 e. The number of ether oxygens (including phenoxy) is 2. The highest BCUT2D eigenvalue weighted by molar-refractivity contribution is 5.44. The fourth-order valence-corrected chi connectivity index (χ4v) is 2.51. The SMILES string of the molecule is COc1ccc(C(N)C2CNCCN2C)cc1OC. The lowest BCUT2D eigenvalue weighted by atomic mass is 9.97. The Morgan fingerprint density at radius 3 is 2.68 bits per heavy atom. The molecule has 0 amide bonds. The molecule has 1 heterocycles.